The number of aromatic nitrogens is 2. The molecule has 1 aliphatic heterocycles. The van der Waals surface area contributed by atoms with Crippen molar-refractivity contribution in [2.75, 3.05) is 31.1 Å². The average Bonchev–Trinajstić information content (AvgIpc) is 2.53. The standard InChI is InChI=1S/C15H20N4O/c16-7-10-20-12-5-8-19(9-6-12)15-11-17-18-14-4-2-1-3-13(14)15/h1-4,11-12H,5-10,16H2. The normalized spacial score (nSPS) is 16.8. The van der Waals surface area contributed by atoms with Crippen LogP contribution in [0.1, 0.15) is 12.8 Å². The van der Waals surface area contributed by atoms with Crippen molar-refractivity contribution in [2.45, 2.75) is 18.9 Å². The van der Waals surface area contributed by atoms with Crippen molar-refractivity contribution in [2.24, 2.45) is 5.73 Å². The summed E-state index contributed by atoms with van der Waals surface area (Å²) >= 11 is 0. The zero-order valence-electron chi connectivity index (χ0n) is 11.5. The molecule has 106 valence electrons. The van der Waals surface area contributed by atoms with Crippen LogP contribution in [-0.4, -0.2) is 42.5 Å². The first-order chi connectivity index (χ1) is 9.88. The summed E-state index contributed by atoms with van der Waals surface area (Å²) in [5, 5.41) is 9.46. The minimum atomic E-state index is 0.343. The molecule has 0 atom stereocenters. The van der Waals surface area contributed by atoms with Crippen molar-refractivity contribution in [3.8, 4) is 0 Å². The minimum absolute atomic E-state index is 0.343. The Morgan fingerprint density at radius 3 is 2.85 bits per heavy atom. The second-order valence-corrected chi connectivity index (χ2v) is 5.09. The predicted molar refractivity (Wildman–Crippen MR) is 79.8 cm³/mol. The number of rotatable bonds is 4. The topological polar surface area (TPSA) is 64.3 Å². The van der Waals surface area contributed by atoms with E-state index in [2.05, 4.69) is 21.2 Å². The lowest BCUT2D eigenvalue weighted by Crippen LogP contribution is -2.37. The highest BCUT2D eigenvalue weighted by molar-refractivity contribution is 5.90. The summed E-state index contributed by atoms with van der Waals surface area (Å²) in [5.74, 6) is 0. The number of hydrogen-bond donors (Lipinski definition) is 1. The van der Waals surface area contributed by atoms with E-state index in [0.717, 1.165) is 31.4 Å². The Labute approximate surface area is 118 Å². The predicted octanol–water partition coefficient (Wildman–Crippen LogP) is 1.57. The molecule has 1 fully saturated rings. The first kappa shape index (κ1) is 13.3. The first-order valence-corrected chi connectivity index (χ1v) is 7.15. The van der Waals surface area contributed by atoms with Gasteiger partial charge in [-0.3, -0.25) is 0 Å². The van der Waals surface area contributed by atoms with Gasteiger partial charge in [-0.1, -0.05) is 18.2 Å². The van der Waals surface area contributed by atoms with Gasteiger partial charge in [0.25, 0.3) is 0 Å². The second kappa shape index (κ2) is 6.15. The summed E-state index contributed by atoms with van der Waals surface area (Å²) in [6, 6.07) is 8.15. The molecule has 1 aliphatic rings. The molecule has 5 nitrogen and oxygen atoms in total. The van der Waals surface area contributed by atoms with Crippen LogP contribution in [0.3, 0.4) is 0 Å². The van der Waals surface area contributed by atoms with Gasteiger partial charge in [0.1, 0.15) is 0 Å². The number of ether oxygens (including phenoxy) is 1. The minimum Gasteiger partial charge on any atom is -0.377 e. The molecule has 2 N–H and O–H groups in total. The van der Waals surface area contributed by atoms with Crippen molar-refractivity contribution >= 4 is 16.6 Å². The highest BCUT2D eigenvalue weighted by atomic mass is 16.5. The molecule has 3 rings (SSSR count). The maximum Gasteiger partial charge on any atom is 0.0950 e. The summed E-state index contributed by atoms with van der Waals surface area (Å²) in [7, 11) is 0. The third-order valence-electron chi connectivity index (χ3n) is 3.78. The van der Waals surface area contributed by atoms with Gasteiger partial charge in [-0.25, -0.2) is 0 Å². The highest BCUT2D eigenvalue weighted by Crippen LogP contribution is 2.27. The van der Waals surface area contributed by atoms with Crippen molar-refractivity contribution in [1.82, 2.24) is 10.2 Å². The van der Waals surface area contributed by atoms with E-state index in [1.54, 1.807) is 0 Å². The summed E-state index contributed by atoms with van der Waals surface area (Å²) in [4.78, 5) is 2.37. The second-order valence-electron chi connectivity index (χ2n) is 5.09. The zero-order valence-corrected chi connectivity index (χ0v) is 11.5. The number of anilines is 1. The number of benzene rings is 1. The maximum atomic E-state index is 5.72. The summed E-state index contributed by atoms with van der Waals surface area (Å²) in [6.45, 7) is 3.24. The largest absolute Gasteiger partial charge is 0.377 e. The SMILES string of the molecule is NCCOC1CCN(c2cnnc3ccccc23)CC1. The van der Waals surface area contributed by atoms with E-state index in [1.165, 1.54) is 11.1 Å². The Kier molecular flexibility index (Phi) is 4.08. The van der Waals surface area contributed by atoms with Crippen molar-refractivity contribution in [3.63, 3.8) is 0 Å². The molecular weight excluding hydrogens is 252 g/mol. The molecule has 0 spiro atoms. The maximum absolute atomic E-state index is 5.72. The van der Waals surface area contributed by atoms with Gasteiger partial charge in [0, 0.05) is 25.0 Å². The van der Waals surface area contributed by atoms with E-state index in [0.29, 0.717) is 19.3 Å². The van der Waals surface area contributed by atoms with E-state index in [-0.39, 0.29) is 0 Å². The van der Waals surface area contributed by atoms with E-state index in [4.69, 9.17) is 10.5 Å². The molecule has 2 heterocycles. The lowest BCUT2D eigenvalue weighted by Gasteiger charge is -2.33. The molecule has 0 aliphatic carbocycles. The molecule has 0 bridgehead atoms. The van der Waals surface area contributed by atoms with Gasteiger partial charge < -0.3 is 15.4 Å². The average molecular weight is 272 g/mol. The third-order valence-corrected chi connectivity index (χ3v) is 3.78. The smallest absolute Gasteiger partial charge is 0.0950 e. The third kappa shape index (κ3) is 2.73. The van der Waals surface area contributed by atoms with Crippen LogP contribution in [0.15, 0.2) is 30.5 Å². The Morgan fingerprint density at radius 2 is 2.05 bits per heavy atom. The number of hydrogen-bond acceptors (Lipinski definition) is 5. The van der Waals surface area contributed by atoms with E-state index in [1.807, 2.05) is 24.4 Å². The molecule has 0 radical (unpaired) electrons. The molecule has 0 saturated carbocycles. The van der Waals surface area contributed by atoms with Gasteiger partial charge in [-0.2, -0.15) is 10.2 Å². The van der Waals surface area contributed by atoms with Crippen LogP contribution in [0.5, 0.6) is 0 Å². The number of fused-ring (bicyclic) bond motifs is 1. The quantitative estimate of drug-likeness (QED) is 0.915. The van der Waals surface area contributed by atoms with Crippen LogP contribution < -0.4 is 10.6 Å². The number of nitrogens with two attached hydrogens (primary N) is 1. The zero-order chi connectivity index (χ0) is 13.8. The Bertz CT molecular complexity index is 561. The molecule has 1 aromatic heterocycles. The van der Waals surface area contributed by atoms with Gasteiger partial charge in [0.15, 0.2) is 0 Å². The lowest BCUT2D eigenvalue weighted by molar-refractivity contribution is 0.0422. The van der Waals surface area contributed by atoms with E-state index in [9.17, 15) is 0 Å². The molecule has 1 saturated heterocycles. The van der Waals surface area contributed by atoms with Gasteiger partial charge in [0.2, 0.25) is 0 Å². The monoisotopic (exact) mass is 272 g/mol. The Hall–Kier alpha value is -1.72. The van der Waals surface area contributed by atoms with Gasteiger partial charge in [-0.15, -0.1) is 0 Å². The van der Waals surface area contributed by atoms with E-state index < -0.39 is 0 Å². The van der Waals surface area contributed by atoms with Gasteiger partial charge in [0.05, 0.1) is 30.1 Å². The van der Waals surface area contributed by atoms with Gasteiger partial charge in [-0.05, 0) is 18.9 Å². The van der Waals surface area contributed by atoms with Gasteiger partial charge >= 0.3 is 0 Å². The molecular formula is C15H20N4O. The van der Waals surface area contributed by atoms with Crippen molar-refractivity contribution in [1.29, 1.82) is 0 Å². The van der Waals surface area contributed by atoms with Crippen molar-refractivity contribution < 1.29 is 4.74 Å². The molecule has 0 amide bonds. The fraction of sp³-hybridized carbons (Fsp3) is 0.467. The summed E-state index contributed by atoms with van der Waals surface area (Å²) in [5.41, 5.74) is 7.60. The fourth-order valence-electron chi connectivity index (χ4n) is 2.74. The first-order valence-electron chi connectivity index (χ1n) is 7.15. The van der Waals surface area contributed by atoms with Crippen LogP contribution in [0.25, 0.3) is 10.9 Å². The Balaban J connectivity index is 1.74. The van der Waals surface area contributed by atoms with Crippen molar-refractivity contribution in [3.05, 3.63) is 30.5 Å². The Morgan fingerprint density at radius 1 is 1.25 bits per heavy atom. The van der Waals surface area contributed by atoms with Crippen LogP contribution >= 0.6 is 0 Å². The van der Waals surface area contributed by atoms with Crippen LogP contribution in [0, 0.1) is 0 Å². The molecule has 0 unspecified atom stereocenters. The number of piperidine rings is 1. The molecule has 20 heavy (non-hydrogen) atoms. The molecule has 2 aromatic rings. The highest BCUT2D eigenvalue weighted by Gasteiger charge is 2.21. The van der Waals surface area contributed by atoms with Crippen LogP contribution in [0.2, 0.25) is 0 Å². The molecule has 5 heteroatoms. The number of nitrogens with zero attached hydrogens (tertiary/aromatic N) is 3. The summed E-state index contributed by atoms with van der Waals surface area (Å²) < 4.78 is 5.72. The molecule has 1 aromatic carbocycles. The summed E-state index contributed by atoms with van der Waals surface area (Å²) in [6.07, 6.45) is 4.28. The van der Waals surface area contributed by atoms with E-state index >= 15 is 0 Å². The lowest BCUT2D eigenvalue weighted by atomic mass is 10.1. The van der Waals surface area contributed by atoms with Crippen LogP contribution in [-0.2, 0) is 4.74 Å². The fourth-order valence-corrected chi connectivity index (χ4v) is 2.74. The van der Waals surface area contributed by atoms with Crippen LogP contribution in [0.4, 0.5) is 5.69 Å².